The molecule has 11 nitrogen and oxygen atoms in total. The van der Waals surface area contributed by atoms with E-state index >= 15 is 0 Å². The van der Waals surface area contributed by atoms with Gasteiger partial charge in [0, 0.05) is 19.3 Å². The second-order valence-corrected chi connectivity index (χ2v) is 21.6. The Bertz CT molecular complexity index is 1470. The van der Waals surface area contributed by atoms with Crippen molar-refractivity contribution in [3.63, 3.8) is 0 Å². The number of allylic oxidation sites excluding steroid dienone is 10. The molecular formula is C62H111O11P. The number of rotatable bonds is 56. The molecule has 0 aromatic rings. The lowest BCUT2D eigenvalue weighted by Gasteiger charge is -2.21. The Balaban J connectivity index is 4.72. The quantitative estimate of drug-likeness (QED) is 0.0197. The van der Waals surface area contributed by atoms with Crippen molar-refractivity contribution in [1.29, 1.82) is 0 Å². The molecule has 0 saturated heterocycles. The third kappa shape index (κ3) is 54.0. The lowest BCUT2D eigenvalue weighted by atomic mass is 10.0. The fourth-order valence-electron chi connectivity index (χ4n) is 8.37. The number of carbonyl (C=O) groups excluding carboxylic acids is 3. The summed E-state index contributed by atoms with van der Waals surface area (Å²) in [7, 11) is -4.76. The first-order chi connectivity index (χ1) is 36.2. The standard InChI is InChI=1S/C62H111O11P/c1-4-7-10-13-16-19-22-25-27-28-29-30-32-35-38-41-44-47-50-53-62(66)73-59(55-69-60(64)51-48-45-42-39-36-33-24-21-18-15-12-9-6-3)57-71-74(67,68)70-56-58(54-63)72-61(65)52-49-46-43-40-37-34-31-26-23-20-17-14-11-8-5-2/h9,12,18,21,26,31,33,36,42,45,58-59,63H,4-8,10-11,13-17,19-20,22-25,27-30,32,34-35,37-41,43-44,46-57H2,1-3H3,(H,67,68)/b12-9-,21-18-,31-26-,36-33-,45-42-. The van der Waals surface area contributed by atoms with Crippen molar-refractivity contribution in [2.45, 2.75) is 290 Å². The highest BCUT2D eigenvalue weighted by molar-refractivity contribution is 7.47. The van der Waals surface area contributed by atoms with Gasteiger partial charge in [0.1, 0.15) is 12.7 Å². The molecule has 12 heteroatoms. The lowest BCUT2D eigenvalue weighted by Crippen LogP contribution is -2.30. The Morgan fingerprint density at radius 3 is 1.14 bits per heavy atom. The van der Waals surface area contributed by atoms with Crippen molar-refractivity contribution in [2.75, 3.05) is 26.4 Å². The van der Waals surface area contributed by atoms with E-state index in [1.165, 1.54) is 135 Å². The third-order valence-electron chi connectivity index (χ3n) is 12.9. The van der Waals surface area contributed by atoms with E-state index < -0.39 is 57.8 Å². The Morgan fingerprint density at radius 1 is 0.392 bits per heavy atom. The monoisotopic (exact) mass is 1060 g/mol. The van der Waals surface area contributed by atoms with Gasteiger partial charge in [0.25, 0.3) is 0 Å². The van der Waals surface area contributed by atoms with Crippen molar-refractivity contribution in [2.24, 2.45) is 0 Å². The van der Waals surface area contributed by atoms with Crippen LogP contribution in [0.2, 0.25) is 0 Å². The maximum absolute atomic E-state index is 12.9. The van der Waals surface area contributed by atoms with Crippen LogP contribution >= 0.6 is 7.82 Å². The van der Waals surface area contributed by atoms with Gasteiger partial charge in [-0.3, -0.25) is 23.4 Å². The van der Waals surface area contributed by atoms with Crippen LogP contribution in [0.5, 0.6) is 0 Å². The van der Waals surface area contributed by atoms with Crippen LogP contribution in [0.3, 0.4) is 0 Å². The van der Waals surface area contributed by atoms with Crippen LogP contribution in [-0.4, -0.2) is 66.5 Å². The molecule has 0 saturated carbocycles. The molecule has 2 N–H and O–H groups in total. The Hall–Kier alpha value is -2.82. The molecule has 3 unspecified atom stereocenters. The van der Waals surface area contributed by atoms with Crippen molar-refractivity contribution in [1.82, 2.24) is 0 Å². The maximum Gasteiger partial charge on any atom is 0.472 e. The number of aliphatic hydroxyl groups is 1. The smallest absolute Gasteiger partial charge is 0.462 e. The summed E-state index contributed by atoms with van der Waals surface area (Å²) < 4.78 is 39.5. The summed E-state index contributed by atoms with van der Waals surface area (Å²) in [6, 6.07) is 0. The van der Waals surface area contributed by atoms with E-state index in [1.807, 2.05) is 12.2 Å². The largest absolute Gasteiger partial charge is 0.472 e. The highest BCUT2D eigenvalue weighted by Crippen LogP contribution is 2.43. The van der Waals surface area contributed by atoms with Crippen LogP contribution in [0.1, 0.15) is 278 Å². The van der Waals surface area contributed by atoms with Gasteiger partial charge in [0.2, 0.25) is 0 Å². The zero-order valence-corrected chi connectivity index (χ0v) is 48.5. The molecule has 0 spiro atoms. The Kier molecular flexibility index (Phi) is 54.2. The van der Waals surface area contributed by atoms with Crippen LogP contribution in [0, 0.1) is 0 Å². The van der Waals surface area contributed by atoms with E-state index in [0.29, 0.717) is 19.3 Å². The lowest BCUT2D eigenvalue weighted by molar-refractivity contribution is -0.161. The zero-order valence-electron chi connectivity index (χ0n) is 47.6. The molecule has 74 heavy (non-hydrogen) atoms. The van der Waals surface area contributed by atoms with Gasteiger partial charge < -0.3 is 24.2 Å². The molecule has 0 aliphatic heterocycles. The molecule has 0 aliphatic carbocycles. The number of esters is 3. The molecule has 0 aromatic carbocycles. The average molecular weight is 1060 g/mol. The Morgan fingerprint density at radius 2 is 0.730 bits per heavy atom. The SMILES string of the molecule is CC/C=C\C/C=C\C/C=C\C/C=C\CCC(=O)OCC(COP(=O)(O)OCC(CO)OC(=O)CCCCCCC/C=C\CCCCCCCC)OC(=O)CCCCCCCCCCCCCCCCCCCCC. The molecule has 0 fully saturated rings. The third-order valence-corrected chi connectivity index (χ3v) is 13.9. The summed E-state index contributed by atoms with van der Waals surface area (Å²) in [6.07, 6.45) is 62.0. The number of phosphoric acid groups is 1. The summed E-state index contributed by atoms with van der Waals surface area (Å²) in [6.45, 7) is 4.47. The second-order valence-electron chi connectivity index (χ2n) is 20.1. The predicted molar refractivity (Wildman–Crippen MR) is 307 cm³/mol. The molecule has 3 atom stereocenters. The number of ether oxygens (including phenoxy) is 3. The minimum absolute atomic E-state index is 0.106. The van der Waals surface area contributed by atoms with Crippen molar-refractivity contribution in [3.05, 3.63) is 60.8 Å². The van der Waals surface area contributed by atoms with Crippen LogP contribution in [0.25, 0.3) is 0 Å². The second kappa shape index (κ2) is 56.4. The van der Waals surface area contributed by atoms with Crippen molar-refractivity contribution < 1.29 is 52.2 Å². The summed E-state index contributed by atoms with van der Waals surface area (Å²) in [5.41, 5.74) is 0. The molecule has 0 radical (unpaired) electrons. The number of hydrogen-bond donors (Lipinski definition) is 2. The molecule has 0 bridgehead atoms. The number of carbonyl (C=O) groups is 3. The van der Waals surface area contributed by atoms with E-state index in [2.05, 4.69) is 69.4 Å². The molecule has 0 aromatic heterocycles. The van der Waals surface area contributed by atoms with E-state index in [9.17, 15) is 28.9 Å². The molecule has 0 aliphatic rings. The molecule has 0 heterocycles. The summed E-state index contributed by atoms with van der Waals surface area (Å²) in [5.74, 6) is -1.56. The Labute approximate surface area is 453 Å². The maximum atomic E-state index is 12.9. The number of hydrogen-bond acceptors (Lipinski definition) is 10. The minimum Gasteiger partial charge on any atom is -0.462 e. The number of aliphatic hydroxyl groups excluding tert-OH is 1. The summed E-state index contributed by atoms with van der Waals surface area (Å²) in [5, 5.41) is 9.82. The van der Waals surface area contributed by atoms with Crippen LogP contribution in [-0.2, 0) is 42.2 Å². The van der Waals surface area contributed by atoms with Crippen LogP contribution in [0.4, 0.5) is 0 Å². The van der Waals surface area contributed by atoms with E-state index in [0.717, 1.165) is 83.5 Å². The highest BCUT2D eigenvalue weighted by atomic mass is 31.2. The van der Waals surface area contributed by atoms with E-state index in [1.54, 1.807) is 0 Å². The van der Waals surface area contributed by atoms with Gasteiger partial charge in [-0.1, -0.05) is 248 Å². The fourth-order valence-corrected chi connectivity index (χ4v) is 9.15. The predicted octanol–water partition coefficient (Wildman–Crippen LogP) is 17.9. The van der Waals surface area contributed by atoms with Crippen molar-refractivity contribution in [3.8, 4) is 0 Å². The number of phosphoric ester groups is 1. The number of unbranched alkanes of at least 4 members (excludes halogenated alkanes) is 29. The van der Waals surface area contributed by atoms with Gasteiger partial charge >= 0.3 is 25.7 Å². The van der Waals surface area contributed by atoms with Gasteiger partial charge in [0.05, 0.1) is 19.8 Å². The van der Waals surface area contributed by atoms with Gasteiger partial charge in [-0.05, 0) is 70.6 Å². The van der Waals surface area contributed by atoms with Gasteiger partial charge in [0.15, 0.2) is 6.10 Å². The zero-order chi connectivity index (χ0) is 54.1. The van der Waals surface area contributed by atoms with E-state index in [-0.39, 0.29) is 25.9 Å². The summed E-state index contributed by atoms with van der Waals surface area (Å²) >= 11 is 0. The first-order valence-electron chi connectivity index (χ1n) is 30.2. The highest BCUT2D eigenvalue weighted by Gasteiger charge is 2.28. The fraction of sp³-hybridized carbons (Fsp3) is 0.790. The van der Waals surface area contributed by atoms with E-state index in [4.69, 9.17) is 23.3 Å². The first kappa shape index (κ1) is 71.2. The topological polar surface area (TPSA) is 155 Å². The summed E-state index contributed by atoms with van der Waals surface area (Å²) in [4.78, 5) is 48.5. The molecule has 0 rings (SSSR count). The minimum atomic E-state index is -4.76. The normalized spacial score (nSPS) is 13.7. The molecular weight excluding hydrogens is 952 g/mol. The van der Waals surface area contributed by atoms with Gasteiger partial charge in [-0.15, -0.1) is 0 Å². The first-order valence-corrected chi connectivity index (χ1v) is 31.7. The van der Waals surface area contributed by atoms with Gasteiger partial charge in [-0.25, -0.2) is 4.57 Å². The van der Waals surface area contributed by atoms with Crippen LogP contribution in [0.15, 0.2) is 60.8 Å². The van der Waals surface area contributed by atoms with Gasteiger partial charge in [-0.2, -0.15) is 0 Å². The molecule has 0 amide bonds. The van der Waals surface area contributed by atoms with Crippen LogP contribution < -0.4 is 0 Å². The van der Waals surface area contributed by atoms with Crippen molar-refractivity contribution >= 4 is 25.7 Å². The average Bonchev–Trinajstić information content (AvgIpc) is 3.39. The molecule has 430 valence electrons.